The number of benzene rings is 2. The number of nitrogens with zero attached hydrogens (tertiary/aromatic N) is 1. The number of halogens is 2. The van der Waals surface area contributed by atoms with Gasteiger partial charge in [0.15, 0.2) is 16.0 Å². The van der Waals surface area contributed by atoms with E-state index in [1.165, 1.54) is 11.3 Å². The van der Waals surface area contributed by atoms with Crippen LogP contribution in [0.5, 0.6) is 0 Å². The third kappa shape index (κ3) is 4.20. The van der Waals surface area contributed by atoms with E-state index >= 15 is 0 Å². The van der Waals surface area contributed by atoms with Crippen LogP contribution in [-0.2, 0) is 0 Å². The van der Waals surface area contributed by atoms with E-state index in [1.54, 1.807) is 30.3 Å². The highest BCUT2D eigenvalue weighted by Crippen LogP contribution is 2.31. The van der Waals surface area contributed by atoms with Crippen LogP contribution in [0.1, 0.15) is 21.7 Å². The average molecular weight is 476 g/mol. The number of hydrogen-bond donors (Lipinski definition) is 2. The standard InChI is InChI=1S/C21H15Cl2N3O2S2/c1-10-3-4-11(2)18-17(10)24-21(30-18)26-20(29)25-19(27)16-8-7-15(28-16)12-5-6-13(22)14(23)9-12/h3-9H,1-2H3,(H2,24,25,26,27,29). The minimum absolute atomic E-state index is 0.121. The Morgan fingerprint density at radius 1 is 1.07 bits per heavy atom. The summed E-state index contributed by atoms with van der Waals surface area (Å²) in [6.45, 7) is 4.04. The van der Waals surface area contributed by atoms with Crippen molar-refractivity contribution >= 4 is 73.1 Å². The number of carbonyl (C=O) groups is 1. The molecule has 2 aromatic heterocycles. The fraction of sp³-hybridized carbons (Fsp3) is 0.0952. The quantitative estimate of drug-likeness (QED) is 0.326. The topological polar surface area (TPSA) is 67.2 Å². The highest BCUT2D eigenvalue weighted by molar-refractivity contribution is 7.80. The Hall–Kier alpha value is -2.45. The summed E-state index contributed by atoms with van der Waals surface area (Å²) in [4.78, 5) is 17.1. The SMILES string of the molecule is Cc1ccc(C)c2sc(NC(=S)NC(=O)c3ccc(-c4ccc(Cl)c(Cl)c4)o3)nc12. The lowest BCUT2D eigenvalue weighted by atomic mass is 10.1. The predicted molar refractivity (Wildman–Crippen MR) is 127 cm³/mol. The molecular weight excluding hydrogens is 461 g/mol. The number of hydrogen-bond acceptors (Lipinski definition) is 5. The molecule has 0 spiro atoms. The van der Waals surface area contributed by atoms with Crippen LogP contribution in [0.2, 0.25) is 10.0 Å². The molecule has 0 bridgehead atoms. The summed E-state index contributed by atoms with van der Waals surface area (Å²) in [7, 11) is 0. The number of aromatic nitrogens is 1. The highest BCUT2D eigenvalue weighted by atomic mass is 35.5. The first kappa shape index (κ1) is 20.8. The molecule has 152 valence electrons. The lowest BCUT2D eigenvalue weighted by Crippen LogP contribution is -2.33. The summed E-state index contributed by atoms with van der Waals surface area (Å²) in [6, 6.07) is 12.4. The van der Waals surface area contributed by atoms with Gasteiger partial charge in [-0.25, -0.2) is 4.98 Å². The minimum atomic E-state index is -0.465. The van der Waals surface area contributed by atoms with Gasteiger partial charge in [-0.3, -0.25) is 10.1 Å². The van der Waals surface area contributed by atoms with Crippen LogP contribution < -0.4 is 10.6 Å². The van der Waals surface area contributed by atoms with Gasteiger partial charge < -0.3 is 9.73 Å². The number of carbonyl (C=O) groups excluding carboxylic acids is 1. The molecule has 5 nitrogen and oxygen atoms in total. The molecule has 0 radical (unpaired) electrons. The van der Waals surface area contributed by atoms with Gasteiger partial charge in [0.2, 0.25) is 0 Å². The summed E-state index contributed by atoms with van der Waals surface area (Å²) in [5.41, 5.74) is 3.86. The van der Waals surface area contributed by atoms with Gasteiger partial charge in [-0.1, -0.05) is 46.7 Å². The van der Waals surface area contributed by atoms with E-state index in [0.29, 0.717) is 26.5 Å². The Morgan fingerprint density at radius 2 is 1.83 bits per heavy atom. The van der Waals surface area contributed by atoms with E-state index in [0.717, 1.165) is 21.3 Å². The van der Waals surface area contributed by atoms with Crippen molar-refractivity contribution in [2.45, 2.75) is 13.8 Å². The van der Waals surface area contributed by atoms with Crippen LogP contribution in [0, 0.1) is 13.8 Å². The number of thiazole rings is 1. The highest BCUT2D eigenvalue weighted by Gasteiger charge is 2.16. The molecule has 0 aliphatic rings. The van der Waals surface area contributed by atoms with Gasteiger partial charge in [-0.15, -0.1) is 0 Å². The van der Waals surface area contributed by atoms with Crippen molar-refractivity contribution in [1.82, 2.24) is 10.3 Å². The summed E-state index contributed by atoms with van der Waals surface area (Å²) in [5.74, 6) is 0.151. The second-order valence-electron chi connectivity index (χ2n) is 6.60. The third-order valence-electron chi connectivity index (χ3n) is 4.42. The molecule has 2 N–H and O–H groups in total. The van der Waals surface area contributed by atoms with E-state index in [2.05, 4.69) is 21.7 Å². The monoisotopic (exact) mass is 475 g/mol. The number of rotatable bonds is 3. The van der Waals surface area contributed by atoms with Gasteiger partial charge in [0.1, 0.15) is 5.76 Å². The zero-order valence-electron chi connectivity index (χ0n) is 15.9. The largest absolute Gasteiger partial charge is 0.451 e. The van der Waals surface area contributed by atoms with Crippen LogP contribution in [0.15, 0.2) is 46.9 Å². The van der Waals surface area contributed by atoms with Gasteiger partial charge in [-0.2, -0.15) is 0 Å². The summed E-state index contributed by atoms with van der Waals surface area (Å²) in [6.07, 6.45) is 0. The fourth-order valence-electron chi connectivity index (χ4n) is 2.87. The number of nitrogens with one attached hydrogen (secondary N) is 2. The van der Waals surface area contributed by atoms with E-state index in [4.69, 9.17) is 39.8 Å². The van der Waals surface area contributed by atoms with Gasteiger partial charge >= 0.3 is 0 Å². The van der Waals surface area contributed by atoms with Crippen molar-refractivity contribution in [2.24, 2.45) is 0 Å². The average Bonchev–Trinajstić information content (AvgIpc) is 3.35. The second kappa shape index (κ2) is 8.35. The van der Waals surface area contributed by atoms with Crippen LogP contribution >= 0.6 is 46.8 Å². The minimum Gasteiger partial charge on any atom is -0.451 e. The maximum Gasteiger partial charge on any atom is 0.293 e. The number of furan rings is 1. The third-order valence-corrected chi connectivity index (χ3v) is 6.47. The smallest absolute Gasteiger partial charge is 0.293 e. The first-order valence-corrected chi connectivity index (χ1v) is 10.8. The molecule has 30 heavy (non-hydrogen) atoms. The lowest BCUT2D eigenvalue weighted by Gasteiger charge is -2.05. The summed E-state index contributed by atoms with van der Waals surface area (Å²) >= 11 is 18.7. The first-order valence-electron chi connectivity index (χ1n) is 8.86. The molecule has 9 heteroatoms. The molecule has 2 heterocycles. The van der Waals surface area contributed by atoms with Crippen molar-refractivity contribution in [3.8, 4) is 11.3 Å². The zero-order valence-corrected chi connectivity index (χ0v) is 19.0. The number of aryl methyl sites for hydroxylation is 2. The van der Waals surface area contributed by atoms with E-state index < -0.39 is 5.91 Å². The van der Waals surface area contributed by atoms with Crippen LogP contribution in [-0.4, -0.2) is 16.0 Å². The molecular formula is C21H15Cl2N3O2S2. The van der Waals surface area contributed by atoms with Crippen molar-refractivity contribution < 1.29 is 9.21 Å². The van der Waals surface area contributed by atoms with Crippen LogP contribution in [0.3, 0.4) is 0 Å². The van der Waals surface area contributed by atoms with E-state index in [-0.39, 0.29) is 10.9 Å². The van der Waals surface area contributed by atoms with Crippen molar-refractivity contribution in [1.29, 1.82) is 0 Å². The van der Waals surface area contributed by atoms with E-state index in [1.807, 2.05) is 19.9 Å². The lowest BCUT2D eigenvalue weighted by molar-refractivity contribution is 0.0951. The zero-order chi connectivity index (χ0) is 21.4. The Balaban J connectivity index is 1.46. The second-order valence-corrected chi connectivity index (χ2v) is 8.82. The van der Waals surface area contributed by atoms with Crippen LogP contribution in [0.4, 0.5) is 5.13 Å². The van der Waals surface area contributed by atoms with E-state index in [9.17, 15) is 4.79 Å². The predicted octanol–water partition coefficient (Wildman–Crippen LogP) is 6.61. The molecule has 0 aliphatic carbocycles. The summed E-state index contributed by atoms with van der Waals surface area (Å²) < 4.78 is 6.73. The maximum atomic E-state index is 12.5. The van der Waals surface area contributed by atoms with Gasteiger partial charge in [-0.05, 0) is 67.5 Å². The van der Waals surface area contributed by atoms with Gasteiger partial charge in [0, 0.05) is 5.56 Å². The molecule has 0 atom stereocenters. The number of fused-ring (bicyclic) bond motifs is 1. The molecule has 2 aromatic carbocycles. The first-order chi connectivity index (χ1) is 14.3. The maximum absolute atomic E-state index is 12.5. The molecule has 4 rings (SSSR count). The molecule has 0 unspecified atom stereocenters. The Kier molecular flexibility index (Phi) is 5.79. The van der Waals surface area contributed by atoms with Crippen LogP contribution in [0.25, 0.3) is 21.5 Å². The normalized spacial score (nSPS) is 10.9. The Morgan fingerprint density at radius 3 is 2.57 bits per heavy atom. The number of thiocarbonyl (C=S) groups is 1. The molecule has 4 aromatic rings. The molecule has 0 fully saturated rings. The van der Waals surface area contributed by atoms with Gasteiger partial charge in [0.25, 0.3) is 5.91 Å². The molecule has 1 amide bonds. The number of amides is 1. The van der Waals surface area contributed by atoms with Crippen molar-refractivity contribution in [2.75, 3.05) is 5.32 Å². The van der Waals surface area contributed by atoms with Crippen molar-refractivity contribution in [3.05, 3.63) is 69.4 Å². The fourth-order valence-corrected chi connectivity index (χ4v) is 4.44. The van der Waals surface area contributed by atoms with Gasteiger partial charge in [0.05, 0.1) is 20.3 Å². The molecule has 0 saturated heterocycles. The Bertz CT molecular complexity index is 1260. The van der Waals surface area contributed by atoms with Crippen molar-refractivity contribution in [3.63, 3.8) is 0 Å². The number of anilines is 1. The summed E-state index contributed by atoms with van der Waals surface area (Å²) in [5, 5.41) is 7.19. The molecule has 0 saturated carbocycles. The molecule has 0 aliphatic heterocycles. The Labute approximate surface area is 192 Å².